The Bertz CT molecular complexity index is 1300. The average Bonchev–Trinajstić information content (AvgIpc) is 3.22. The summed E-state index contributed by atoms with van der Waals surface area (Å²) < 4.78 is 2.15. The molecule has 0 aliphatic rings. The quantitative estimate of drug-likeness (QED) is 0.281. The Balaban J connectivity index is 1.40. The zero-order chi connectivity index (χ0) is 23.2. The highest BCUT2D eigenvalue weighted by atomic mass is 32.1. The second-order valence-corrected chi connectivity index (χ2v) is 7.80. The second-order valence-electron chi connectivity index (χ2n) is 7.41. The molecule has 4 N–H and O–H groups in total. The minimum atomic E-state index is -0.326. The normalized spacial score (nSPS) is 11.4. The molecular weight excluding hydrogens is 434 g/mol. The third kappa shape index (κ3) is 5.36. The summed E-state index contributed by atoms with van der Waals surface area (Å²) in [7, 11) is 0. The van der Waals surface area contributed by atoms with Crippen molar-refractivity contribution in [2.75, 3.05) is 10.6 Å². The molecule has 4 rings (SSSR count). The van der Waals surface area contributed by atoms with Gasteiger partial charge in [0.2, 0.25) is 0 Å². The van der Waals surface area contributed by atoms with Gasteiger partial charge in [-0.3, -0.25) is 9.36 Å². The van der Waals surface area contributed by atoms with E-state index >= 15 is 0 Å². The van der Waals surface area contributed by atoms with Crippen LogP contribution in [0.2, 0.25) is 0 Å². The molecule has 0 saturated heterocycles. The van der Waals surface area contributed by atoms with Crippen LogP contribution in [0.4, 0.5) is 16.2 Å². The van der Waals surface area contributed by atoms with Gasteiger partial charge in [0.1, 0.15) is 5.69 Å². The van der Waals surface area contributed by atoms with Crippen molar-refractivity contribution in [3.63, 3.8) is 0 Å². The van der Waals surface area contributed by atoms with Crippen LogP contribution in [0.3, 0.4) is 0 Å². The Kier molecular flexibility index (Phi) is 6.66. The lowest BCUT2D eigenvalue weighted by Gasteiger charge is -2.16. The Morgan fingerprint density at radius 3 is 2.06 bits per heavy atom. The van der Waals surface area contributed by atoms with Gasteiger partial charge in [0.05, 0.1) is 6.04 Å². The summed E-state index contributed by atoms with van der Waals surface area (Å²) in [4.78, 5) is 28.1. The summed E-state index contributed by atoms with van der Waals surface area (Å²) in [5.74, 6) is -0.247. The average molecular weight is 458 g/mol. The Labute approximate surface area is 196 Å². The smallest absolute Gasteiger partial charge is 0.323 e. The molecule has 0 radical (unpaired) electrons. The van der Waals surface area contributed by atoms with Crippen LogP contribution >= 0.6 is 12.2 Å². The summed E-state index contributed by atoms with van der Waals surface area (Å²) in [6, 6.07) is 25.4. The molecule has 0 saturated carbocycles. The number of urea groups is 1. The molecule has 4 aromatic rings. The topological polar surface area (TPSA) is 91.0 Å². The van der Waals surface area contributed by atoms with Crippen LogP contribution in [-0.4, -0.2) is 21.5 Å². The van der Waals surface area contributed by atoms with Crippen LogP contribution in [0.15, 0.2) is 91.1 Å². The summed E-state index contributed by atoms with van der Waals surface area (Å²) in [6.45, 7) is 1.90. The predicted molar refractivity (Wildman–Crippen MR) is 132 cm³/mol. The van der Waals surface area contributed by atoms with E-state index in [0.29, 0.717) is 21.8 Å². The van der Waals surface area contributed by atoms with Gasteiger partial charge in [-0.2, -0.15) is 0 Å². The number of nitrogens with one attached hydrogen (secondary N) is 4. The molecule has 3 amide bonds. The lowest BCUT2D eigenvalue weighted by Crippen LogP contribution is -2.28. The van der Waals surface area contributed by atoms with E-state index < -0.39 is 0 Å². The van der Waals surface area contributed by atoms with E-state index in [0.717, 1.165) is 11.3 Å². The third-order valence-electron chi connectivity index (χ3n) is 5.07. The molecule has 1 unspecified atom stereocenters. The highest BCUT2D eigenvalue weighted by Crippen LogP contribution is 2.18. The first-order chi connectivity index (χ1) is 16.0. The number of hydrogen-bond acceptors (Lipinski definition) is 3. The number of rotatable bonds is 6. The maximum absolute atomic E-state index is 13.0. The summed E-state index contributed by atoms with van der Waals surface area (Å²) in [5, 5.41) is 8.57. The van der Waals surface area contributed by atoms with Crippen LogP contribution < -0.4 is 16.0 Å². The van der Waals surface area contributed by atoms with Gasteiger partial charge in [-0.1, -0.05) is 48.5 Å². The lowest BCUT2D eigenvalue weighted by atomic mass is 10.1. The molecule has 1 atom stereocenters. The van der Waals surface area contributed by atoms with Gasteiger partial charge in [-0.15, -0.1) is 0 Å². The molecule has 166 valence electrons. The van der Waals surface area contributed by atoms with Crippen LogP contribution in [0.1, 0.15) is 29.0 Å². The van der Waals surface area contributed by atoms with Crippen molar-refractivity contribution in [3.8, 4) is 5.69 Å². The number of H-pyrrole nitrogens is 1. The lowest BCUT2D eigenvalue weighted by molar-refractivity contribution is 0.0933. The minimum absolute atomic E-state index is 0.247. The molecule has 33 heavy (non-hydrogen) atoms. The number of aromatic amines is 1. The molecule has 0 fully saturated rings. The molecule has 0 bridgehead atoms. The molecule has 7 nitrogen and oxygen atoms in total. The molecule has 0 spiro atoms. The Morgan fingerprint density at radius 1 is 0.848 bits per heavy atom. The molecular formula is C25H23N5O2S. The van der Waals surface area contributed by atoms with E-state index in [1.165, 1.54) is 0 Å². The second kappa shape index (κ2) is 9.97. The molecule has 1 heterocycles. The standard InChI is InChI=1S/C25H23N5O2S/c1-17(27-23(31)22-16-26-25(33)30(22)21-10-6-3-7-11-21)18-12-14-20(15-13-18)29-24(32)28-19-8-4-2-5-9-19/h2-17H,1H3,(H,26,33)(H,27,31)(H2,28,29,32). The van der Waals surface area contributed by atoms with Crippen molar-refractivity contribution in [1.29, 1.82) is 0 Å². The van der Waals surface area contributed by atoms with Crippen molar-refractivity contribution in [3.05, 3.63) is 107 Å². The van der Waals surface area contributed by atoms with E-state index in [2.05, 4.69) is 20.9 Å². The monoisotopic (exact) mass is 457 g/mol. The Hall–Kier alpha value is -4.17. The largest absolute Gasteiger partial charge is 0.344 e. The number of carbonyl (C=O) groups is 2. The van der Waals surface area contributed by atoms with Crippen LogP contribution in [0, 0.1) is 4.77 Å². The minimum Gasteiger partial charge on any atom is -0.344 e. The van der Waals surface area contributed by atoms with E-state index in [9.17, 15) is 9.59 Å². The first-order valence-electron chi connectivity index (χ1n) is 10.4. The first kappa shape index (κ1) is 22.0. The fraction of sp³-hybridized carbons (Fsp3) is 0.0800. The number of imidazole rings is 1. The SMILES string of the molecule is CC(NC(=O)c1c[nH]c(=S)n1-c1ccccc1)c1ccc(NC(=O)Nc2ccccc2)cc1. The fourth-order valence-electron chi connectivity index (χ4n) is 3.39. The van der Waals surface area contributed by atoms with Gasteiger partial charge in [0.15, 0.2) is 4.77 Å². The van der Waals surface area contributed by atoms with E-state index in [-0.39, 0.29) is 18.0 Å². The molecule has 1 aromatic heterocycles. The number of amides is 3. The van der Waals surface area contributed by atoms with Crippen molar-refractivity contribution in [1.82, 2.24) is 14.9 Å². The van der Waals surface area contributed by atoms with E-state index in [1.54, 1.807) is 22.9 Å². The molecule has 0 aliphatic heterocycles. The number of aromatic nitrogens is 2. The number of benzene rings is 3. The van der Waals surface area contributed by atoms with Gasteiger partial charge >= 0.3 is 6.03 Å². The van der Waals surface area contributed by atoms with Gasteiger partial charge < -0.3 is 20.9 Å². The summed E-state index contributed by atoms with van der Waals surface area (Å²) >= 11 is 5.36. The van der Waals surface area contributed by atoms with Gasteiger partial charge in [0, 0.05) is 23.3 Å². The van der Waals surface area contributed by atoms with Gasteiger partial charge in [-0.05, 0) is 61.1 Å². The summed E-state index contributed by atoms with van der Waals surface area (Å²) in [6.07, 6.45) is 1.61. The van der Waals surface area contributed by atoms with Gasteiger partial charge in [0.25, 0.3) is 5.91 Å². The number of anilines is 2. The van der Waals surface area contributed by atoms with Crippen molar-refractivity contribution >= 4 is 35.5 Å². The van der Waals surface area contributed by atoms with Crippen molar-refractivity contribution in [2.24, 2.45) is 0 Å². The maximum Gasteiger partial charge on any atom is 0.323 e. The van der Waals surface area contributed by atoms with Crippen molar-refractivity contribution < 1.29 is 9.59 Å². The number of hydrogen-bond donors (Lipinski definition) is 4. The first-order valence-corrected chi connectivity index (χ1v) is 10.8. The van der Waals surface area contributed by atoms with E-state index in [1.807, 2.05) is 79.7 Å². The Morgan fingerprint density at radius 2 is 1.42 bits per heavy atom. The zero-order valence-corrected chi connectivity index (χ0v) is 18.7. The van der Waals surface area contributed by atoms with E-state index in [4.69, 9.17) is 12.2 Å². The summed E-state index contributed by atoms with van der Waals surface area (Å²) in [5.41, 5.74) is 3.49. The van der Waals surface area contributed by atoms with Crippen LogP contribution in [-0.2, 0) is 0 Å². The molecule has 0 aliphatic carbocycles. The van der Waals surface area contributed by atoms with Crippen molar-refractivity contribution in [2.45, 2.75) is 13.0 Å². The predicted octanol–water partition coefficient (Wildman–Crippen LogP) is 5.67. The number of carbonyl (C=O) groups excluding carboxylic acids is 2. The number of para-hydroxylation sites is 2. The molecule has 8 heteroatoms. The number of nitrogens with zero attached hydrogens (tertiary/aromatic N) is 1. The van der Waals surface area contributed by atoms with Gasteiger partial charge in [-0.25, -0.2) is 4.79 Å². The highest BCUT2D eigenvalue weighted by Gasteiger charge is 2.17. The van der Waals surface area contributed by atoms with Crippen LogP contribution in [0.25, 0.3) is 5.69 Å². The fourth-order valence-corrected chi connectivity index (χ4v) is 3.66. The van der Waals surface area contributed by atoms with Crippen LogP contribution in [0.5, 0.6) is 0 Å². The maximum atomic E-state index is 13.0. The highest BCUT2D eigenvalue weighted by molar-refractivity contribution is 7.71. The third-order valence-corrected chi connectivity index (χ3v) is 5.37. The molecule has 3 aromatic carbocycles. The zero-order valence-electron chi connectivity index (χ0n) is 17.9.